The van der Waals surface area contributed by atoms with E-state index in [0.29, 0.717) is 31.3 Å². The number of carbonyl (C=O) groups is 1. The van der Waals surface area contributed by atoms with Crippen LogP contribution in [0.15, 0.2) is 48.5 Å². The topological polar surface area (TPSA) is 44.8 Å². The molecule has 29 heavy (non-hydrogen) atoms. The number of hydrogen-bond acceptors (Lipinski definition) is 4. The zero-order chi connectivity index (χ0) is 20.6. The average molecular weight is 400 g/mol. The Bertz CT molecular complexity index is 792. The molecule has 1 heterocycles. The predicted molar refractivity (Wildman–Crippen MR) is 113 cm³/mol. The lowest BCUT2D eigenvalue weighted by Crippen LogP contribution is -2.49. The van der Waals surface area contributed by atoms with Crippen molar-refractivity contribution in [2.75, 3.05) is 46.4 Å². The van der Waals surface area contributed by atoms with Gasteiger partial charge in [-0.25, -0.2) is 4.39 Å². The van der Waals surface area contributed by atoms with Gasteiger partial charge < -0.3 is 10.1 Å². The third kappa shape index (κ3) is 6.27. The van der Waals surface area contributed by atoms with E-state index in [-0.39, 0.29) is 11.7 Å². The predicted octanol–water partition coefficient (Wildman–Crippen LogP) is 2.87. The quantitative estimate of drug-likeness (QED) is 0.741. The van der Waals surface area contributed by atoms with E-state index >= 15 is 0 Å². The second-order valence-corrected chi connectivity index (χ2v) is 7.62. The van der Waals surface area contributed by atoms with Gasteiger partial charge >= 0.3 is 0 Å². The Hall–Kier alpha value is -2.44. The summed E-state index contributed by atoms with van der Waals surface area (Å²) in [7, 11) is 1.60. The summed E-state index contributed by atoms with van der Waals surface area (Å²) in [6.45, 7) is 7.14. The average Bonchev–Trinajstić information content (AvgIpc) is 2.74. The summed E-state index contributed by atoms with van der Waals surface area (Å²) in [4.78, 5) is 16.8. The number of nitrogens with one attached hydrogen (secondary N) is 1. The third-order valence-electron chi connectivity index (χ3n) is 5.44. The molecule has 0 radical (unpaired) electrons. The molecule has 0 saturated carbocycles. The summed E-state index contributed by atoms with van der Waals surface area (Å²) in [5, 5.41) is 3.05. The van der Waals surface area contributed by atoms with Gasteiger partial charge in [0, 0.05) is 44.8 Å². The minimum atomic E-state index is -0.249. The van der Waals surface area contributed by atoms with Crippen LogP contribution in [-0.4, -0.2) is 62.1 Å². The minimum Gasteiger partial charge on any atom is -0.496 e. The Morgan fingerprint density at radius 2 is 1.79 bits per heavy atom. The molecule has 6 heteroatoms. The Morgan fingerprint density at radius 1 is 1.10 bits per heavy atom. The first-order valence-electron chi connectivity index (χ1n) is 10.1. The second kappa shape index (κ2) is 10.4. The number of methoxy groups -OCH3 is 1. The number of benzene rings is 2. The molecule has 3 rings (SSSR count). The Labute approximate surface area is 172 Å². The molecule has 156 valence electrons. The summed E-state index contributed by atoms with van der Waals surface area (Å²) in [6, 6.07) is 14.8. The number of halogens is 1. The lowest BCUT2D eigenvalue weighted by molar-refractivity contribution is -0.122. The summed E-state index contributed by atoms with van der Waals surface area (Å²) < 4.78 is 18.9. The molecule has 1 N–H and O–H groups in total. The van der Waals surface area contributed by atoms with Crippen LogP contribution in [0.1, 0.15) is 24.0 Å². The molecule has 2 aromatic carbocycles. The van der Waals surface area contributed by atoms with Crippen LogP contribution in [0.4, 0.5) is 4.39 Å². The zero-order valence-corrected chi connectivity index (χ0v) is 17.2. The molecule has 0 aliphatic carbocycles. The van der Waals surface area contributed by atoms with Gasteiger partial charge in [0.05, 0.1) is 13.7 Å². The SMILES string of the molecule is COc1ccc(F)cc1CN1CCN(CC(=O)NC[C@@H](C)c2ccccc2)CC1. The van der Waals surface area contributed by atoms with Crippen LogP contribution < -0.4 is 10.1 Å². The third-order valence-corrected chi connectivity index (χ3v) is 5.44. The molecule has 1 amide bonds. The van der Waals surface area contributed by atoms with Crippen LogP contribution in [-0.2, 0) is 11.3 Å². The van der Waals surface area contributed by atoms with Crippen molar-refractivity contribution in [3.05, 3.63) is 65.5 Å². The van der Waals surface area contributed by atoms with Gasteiger partial charge in [0.15, 0.2) is 0 Å². The van der Waals surface area contributed by atoms with Crippen LogP contribution >= 0.6 is 0 Å². The number of nitrogens with zero attached hydrogens (tertiary/aromatic N) is 2. The number of ether oxygens (including phenoxy) is 1. The van der Waals surface area contributed by atoms with Gasteiger partial charge in [0.2, 0.25) is 5.91 Å². The van der Waals surface area contributed by atoms with Crippen LogP contribution in [0.3, 0.4) is 0 Å². The fourth-order valence-corrected chi connectivity index (χ4v) is 3.64. The van der Waals surface area contributed by atoms with Crippen LogP contribution in [0.2, 0.25) is 0 Å². The monoisotopic (exact) mass is 399 g/mol. The summed E-state index contributed by atoms with van der Waals surface area (Å²) >= 11 is 0. The van der Waals surface area contributed by atoms with Crippen molar-refractivity contribution in [3.63, 3.8) is 0 Å². The van der Waals surface area contributed by atoms with Crippen molar-refractivity contribution in [3.8, 4) is 5.75 Å². The molecule has 0 spiro atoms. The number of piperazine rings is 1. The fourth-order valence-electron chi connectivity index (χ4n) is 3.64. The maximum atomic E-state index is 13.6. The Kier molecular flexibility index (Phi) is 7.61. The van der Waals surface area contributed by atoms with E-state index in [0.717, 1.165) is 31.7 Å². The molecule has 1 aliphatic rings. The largest absolute Gasteiger partial charge is 0.496 e. The summed E-state index contributed by atoms with van der Waals surface area (Å²) in [5.74, 6) is 0.813. The van der Waals surface area contributed by atoms with Crippen molar-refractivity contribution in [1.29, 1.82) is 0 Å². The fraction of sp³-hybridized carbons (Fsp3) is 0.435. The molecular formula is C23H30FN3O2. The lowest BCUT2D eigenvalue weighted by atomic mass is 10.0. The maximum Gasteiger partial charge on any atom is 0.234 e. The molecule has 2 aromatic rings. The van der Waals surface area contributed by atoms with Gasteiger partial charge in [0.25, 0.3) is 0 Å². The second-order valence-electron chi connectivity index (χ2n) is 7.62. The molecule has 1 atom stereocenters. The smallest absolute Gasteiger partial charge is 0.234 e. The van der Waals surface area contributed by atoms with Gasteiger partial charge in [-0.2, -0.15) is 0 Å². The van der Waals surface area contributed by atoms with Crippen LogP contribution in [0.5, 0.6) is 5.75 Å². The van der Waals surface area contributed by atoms with Gasteiger partial charge in [-0.1, -0.05) is 37.3 Å². The number of amides is 1. The molecule has 0 bridgehead atoms. The van der Waals surface area contributed by atoms with Gasteiger partial charge in [-0.3, -0.25) is 14.6 Å². The highest BCUT2D eigenvalue weighted by Crippen LogP contribution is 2.21. The highest BCUT2D eigenvalue weighted by Gasteiger charge is 2.20. The van der Waals surface area contributed by atoms with Crippen molar-refractivity contribution >= 4 is 5.91 Å². The van der Waals surface area contributed by atoms with Gasteiger partial charge in [-0.05, 0) is 29.7 Å². The Morgan fingerprint density at radius 3 is 2.48 bits per heavy atom. The number of hydrogen-bond donors (Lipinski definition) is 1. The van der Waals surface area contributed by atoms with Crippen molar-refractivity contribution < 1.29 is 13.9 Å². The van der Waals surface area contributed by atoms with E-state index in [4.69, 9.17) is 4.74 Å². The van der Waals surface area contributed by atoms with E-state index in [1.165, 1.54) is 17.7 Å². The first-order valence-corrected chi connectivity index (χ1v) is 10.1. The molecular weight excluding hydrogens is 369 g/mol. The van der Waals surface area contributed by atoms with Crippen LogP contribution in [0, 0.1) is 5.82 Å². The first-order chi connectivity index (χ1) is 14.0. The minimum absolute atomic E-state index is 0.0630. The molecule has 0 aromatic heterocycles. The van der Waals surface area contributed by atoms with Crippen molar-refractivity contribution in [1.82, 2.24) is 15.1 Å². The van der Waals surface area contributed by atoms with E-state index in [1.807, 2.05) is 18.2 Å². The molecule has 1 saturated heterocycles. The maximum absolute atomic E-state index is 13.6. The summed E-state index contributed by atoms with van der Waals surface area (Å²) in [5.41, 5.74) is 2.09. The molecule has 1 fully saturated rings. The van der Waals surface area contributed by atoms with E-state index in [2.05, 4.69) is 34.2 Å². The number of rotatable bonds is 8. The van der Waals surface area contributed by atoms with E-state index < -0.39 is 0 Å². The van der Waals surface area contributed by atoms with E-state index in [9.17, 15) is 9.18 Å². The van der Waals surface area contributed by atoms with Crippen molar-refractivity contribution in [2.45, 2.75) is 19.4 Å². The van der Waals surface area contributed by atoms with Gasteiger partial charge in [0.1, 0.15) is 11.6 Å². The van der Waals surface area contributed by atoms with Gasteiger partial charge in [-0.15, -0.1) is 0 Å². The first kappa shape index (κ1) is 21.3. The Balaban J connectivity index is 1.40. The van der Waals surface area contributed by atoms with E-state index in [1.54, 1.807) is 13.2 Å². The molecule has 0 unspecified atom stereocenters. The lowest BCUT2D eigenvalue weighted by Gasteiger charge is -2.34. The zero-order valence-electron chi connectivity index (χ0n) is 17.2. The highest BCUT2D eigenvalue weighted by atomic mass is 19.1. The summed E-state index contributed by atoms with van der Waals surface area (Å²) in [6.07, 6.45) is 0. The number of carbonyl (C=O) groups excluding carboxylic acids is 1. The normalized spacial score (nSPS) is 16.4. The highest BCUT2D eigenvalue weighted by molar-refractivity contribution is 5.78. The van der Waals surface area contributed by atoms with Crippen molar-refractivity contribution in [2.24, 2.45) is 0 Å². The standard InChI is InChI=1S/C23H30FN3O2/c1-18(19-6-4-3-5-7-19)15-25-23(28)17-27-12-10-26(11-13-27)16-20-14-21(24)8-9-22(20)29-2/h3-9,14,18H,10-13,15-17H2,1-2H3,(H,25,28)/t18-/m1/s1. The molecule has 1 aliphatic heterocycles. The van der Waals surface area contributed by atoms with Crippen LogP contribution in [0.25, 0.3) is 0 Å². The molecule has 5 nitrogen and oxygen atoms in total.